The fourth-order valence-corrected chi connectivity index (χ4v) is 3.12. The molecule has 0 radical (unpaired) electrons. The van der Waals surface area contributed by atoms with Crippen molar-refractivity contribution in [3.05, 3.63) is 52.0 Å². The van der Waals surface area contributed by atoms with Gasteiger partial charge in [-0.2, -0.15) is 0 Å². The minimum atomic E-state index is -0.709. The van der Waals surface area contributed by atoms with Crippen molar-refractivity contribution in [1.29, 1.82) is 0 Å². The van der Waals surface area contributed by atoms with Gasteiger partial charge >= 0.3 is 6.09 Å². The van der Waals surface area contributed by atoms with Gasteiger partial charge in [0.2, 0.25) is 5.91 Å². The number of hydrogen-bond donors (Lipinski definition) is 2. The predicted octanol–water partition coefficient (Wildman–Crippen LogP) is 3.25. The van der Waals surface area contributed by atoms with Crippen LogP contribution >= 0.6 is 11.3 Å². The van der Waals surface area contributed by atoms with Gasteiger partial charge in [0.1, 0.15) is 11.6 Å². The Kier molecular flexibility index (Phi) is 7.36. The van der Waals surface area contributed by atoms with E-state index in [1.165, 1.54) is 0 Å². The van der Waals surface area contributed by atoms with E-state index in [0.29, 0.717) is 19.4 Å². The Balaban J connectivity index is 1.96. The number of benzene rings is 1. The maximum Gasteiger partial charge on any atom is 0.408 e. The molecular weight excluding hydrogens is 362 g/mol. The lowest BCUT2D eigenvalue weighted by atomic mass is 10.1. The quantitative estimate of drug-likeness (QED) is 0.762. The van der Waals surface area contributed by atoms with Gasteiger partial charge in [-0.3, -0.25) is 4.79 Å². The summed E-state index contributed by atoms with van der Waals surface area (Å²) in [4.78, 5) is 29.2. The van der Waals surface area contributed by atoms with Gasteiger partial charge in [-0.05, 0) is 33.3 Å². The molecule has 0 bridgehead atoms. The molecule has 0 aliphatic rings. The average Bonchev–Trinajstić information content (AvgIpc) is 2.98. The number of carbonyl (C=O) groups excluding carboxylic acids is 2. The molecule has 7 heteroatoms. The Bertz CT molecular complexity index is 753. The first kappa shape index (κ1) is 20.9. The molecular formula is C20H27N3O3S. The van der Waals surface area contributed by atoms with Crippen molar-refractivity contribution < 1.29 is 14.3 Å². The smallest absolute Gasteiger partial charge is 0.408 e. The minimum absolute atomic E-state index is 0.239. The number of hydrogen-bond acceptors (Lipinski definition) is 5. The molecule has 2 amide bonds. The molecule has 1 atom stereocenters. The van der Waals surface area contributed by atoms with Crippen molar-refractivity contribution in [2.45, 2.75) is 52.2 Å². The first-order chi connectivity index (χ1) is 12.7. The van der Waals surface area contributed by atoms with E-state index in [1.54, 1.807) is 32.1 Å². The molecule has 1 heterocycles. The Morgan fingerprint density at radius 2 is 1.93 bits per heavy atom. The molecule has 0 aliphatic carbocycles. The third-order valence-corrected chi connectivity index (χ3v) is 4.46. The number of nitrogens with one attached hydrogen (secondary N) is 2. The van der Waals surface area contributed by atoms with Gasteiger partial charge in [-0.25, -0.2) is 9.78 Å². The zero-order valence-electron chi connectivity index (χ0n) is 16.2. The first-order valence-corrected chi connectivity index (χ1v) is 9.83. The highest BCUT2D eigenvalue weighted by Crippen LogP contribution is 2.10. The van der Waals surface area contributed by atoms with E-state index in [9.17, 15) is 9.59 Å². The van der Waals surface area contributed by atoms with Crippen LogP contribution in [-0.2, 0) is 22.4 Å². The van der Waals surface area contributed by atoms with Gasteiger partial charge in [-0.1, -0.05) is 30.3 Å². The van der Waals surface area contributed by atoms with Gasteiger partial charge in [-0.15, -0.1) is 11.3 Å². The van der Waals surface area contributed by atoms with Crippen LogP contribution in [0.5, 0.6) is 0 Å². The van der Waals surface area contributed by atoms with E-state index in [-0.39, 0.29) is 5.91 Å². The highest BCUT2D eigenvalue weighted by atomic mass is 32.1. The zero-order chi connectivity index (χ0) is 19.9. The van der Waals surface area contributed by atoms with Crippen LogP contribution in [0.2, 0.25) is 0 Å². The van der Waals surface area contributed by atoms with Crippen molar-refractivity contribution in [2.24, 2.45) is 0 Å². The molecule has 1 aromatic heterocycles. The van der Waals surface area contributed by atoms with Crippen LogP contribution < -0.4 is 10.6 Å². The molecule has 1 unspecified atom stereocenters. The monoisotopic (exact) mass is 389 g/mol. The Labute approximate surface area is 164 Å². The van der Waals surface area contributed by atoms with Gasteiger partial charge in [0.05, 0.1) is 10.7 Å². The van der Waals surface area contributed by atoms with Crippen LogP contribution in [0.1, 0.15) is 37.0 Å². The summed E-state index contributed by atoms with van der Waals surface area (Å²) < 4.78 is 5.29. The Morgan fingerprint density at radius 1 is 1.22 bits per heavy atom. The number of aryl methyl sites for hydroxylation is 1. The van der Waals surface area contributed by atoms with E-state index >= 15 is 0 Å². The predicted molar refractivity (Wildman–Crippen MR) is 107 cm³/mol. The SMILES string of the molecule is Cc1nc(CCNC(=O)C(Cc2ccccc2)NC(=O)OC(C)(C)C)cs1. The molecule has 0 saturated carbocycles. The van der Waals surface area contributed by atoms with Crippen LogP contribution in [0.25, 0.3) is 0 Å². The highest BCUT2D eigenvalue weighted by molar-refractivity contribution is 7.09. The molecule has 6 nitrogen and oxygen atoms in total. The third kappa shape index (κ3) is 7.78. The third-order valence-electron chi connectivity index (χ3n) is 3.64. The van der Waals surface area contributed by atoms with Crippen LogP contribution in [0, 0.1) is 6.92 Å². The lowest BCUT2D eigenvalue weighted by Gasteiger charge is -2.23. The van der Waals surface area contributed by atoms with Crippen LogP contribution in [0.15, 0.2) is 35.7 Å². The minimum Gasteiger partial charge on any atom is -0.444 e. The van der Waals surface area contributed by atoms with Gasteiger partial charge < -0.3 is 15.4 Å². The fourth-order valence-electron chi connectivity index (χ4n) is 2.47. The summed E-state index contributed by atoms with van der Waals surface area (Å²) in [5, 5.41) is 8.56. The van der Waals surface area contributed by atoms with E-state index in [4.69, 9.17) is 4.74 Å². The number of thiazole rings is 1. The molecule has 1 aromatic carbocycles. The zero-order valence-corrected chi connectivity index (χ0v) is 17.1. The van der Waals surface area contributed by atoms with Crippen LogP contribution in [0.4, 0.5) is 4.79 Å². The summed E-state index contributed by atoms with van der Waals surface area (Å²) in [6.07, 6.45) is 0.441. The number of nitrogens with zero attached hydrogens (tertiary/aromatic N) is 1. The van der Waals surface area contributed by atoms with Gasteiger partial charge in [0.15, 0.2) is 0 Å². The topological polar surface area (TPSA) is 80.3 Å². The molecule has 2 rings (SSSR count). The van der Waals surface area contributed by atoms with Crippen molar-refractivity contribution in [3.63, 3.8) is 0 Å². The summed E-state index contributed by atoms with van der Waals surface area (Å²) in [5.74, 6) is -0.239. The van der Waals surface area contributed by atoms with Gasteiger partial charge in [0, 0.05) is 24.8 Å². The van der Waals surface area contributed by atoms with Gasteiger partial charge in [0.25, 0.3) is 0 Å². The molecule has 146 valence electrons. The maximum atomic E-state index is 12.6. The number of ether oxygens (including phenoxy) is 1. The Hall–Kier alpha value is -2.41. The van der Waals surface area contributed by atoms with Crippen molar-refractivity contribution in [3.8, 4) is 0 Å². The van der Waals surface area contributed by atoms with Crippen LogP contribution in [-0.4, -0.2) is 35.2 Å². The summed E-state index contributed by atoms with van der Waals surface area (Å²) >= 11 is 1.59. The molecule has 0 spiro atoms. The second-order valence-electron chi connectivity index (χ2n) is 7.29. The highest BCUT2D eigenvalue weighted by Gasteiger charge is 2.24. The number of amides is 2. The van der Waals surface area contributed by atoms with E-state index < -0.39 is 17.7 Å². The lowest BCUT2D eigenvalue weighted by Crippen LogP contribution is -2.49. The summed E-state index contributed by atoms with van der Waals surface area (Å²) in [6, 6.07) is 8.87. The number of carbonyl (C=O) groups is 2. The fraction of sp³-hybridized carbons (Fsp3) is 0.450. The summed E-state index contributed by atoms with van der Waals surface area (Å²) in [7, 11) is 0. The molecule has 0 saturated heterocycles. The molecule has 2 N–H and O–H groups in total. The standard InChI is InChI=1S/C20H27N3O3S/c1-14-22-16(13-27-14)10-11-21-18(24)17(12-15-8-6-5-7-9-15)23-19(25)26-20(2,3)4/h5-9,13,17H,10-12H2,1-4H3,(H,21,24)(H,23,25). The van der Waals surface area contributed by atoms with E-state index in [2.05, 4.69) is 15.6 Å². The normalized spacial score (nSPS) is 12.3. The largest absolute Gasteiger partial charge is 0.444 e. The summed E-state index contributed by atoms with van der Waals surface area (Å²) in [5.41, 5.74) is 1.29. The number of aromatic nitrogens is 1. The number of alkyl carbamates (subject to hydrolysis) is 1. The van der Waals surface area contributed by atoms with E-state index in [1.807, 2.05) is 42.6 Å². The van der Waals surface area contributed by atoms with Crippen LogP contribution in [0.3, 0.4) is 0 Å². The average molecular weight is 390 g/mol. The molecule has 0 aliphatic heterocycles. The van der Waals surface area contributed by atoms with E-state index in [0.717, 1.165) is 16.3 Å². The summed E-state index contributed by atoms with van der Waals surface area (Å²) in [6.45, 7) is 7.77. The van der Waals surface area contributed by atoms with Crippen molar-refractivity contribution >= 4 is 23.3 Å². The molecule has 2 aromatic rings. The first-order valence-electron chi connectivity index (χ1n) is 8.95. The second-order valence-corrected chi connectivity index (χ2v) is 8.35. The van der Waals surface area contributed by atoms with Crippen molar-refractivity contribution in [1.82, 2.24) is 15.6 Å². The molecule has 0 fully saturated rings. The molecule has 27 heavy (non-hydrogen) atoms. The van der Waals surface area contributed by atoms with Crippen molar-refractivity contribution in [2.75, 3.05) is 6.54 Å². The Morgan fingerprint density at radius 3 is 2.52 bits per heavy atom. The second kappa shape index (κ2) is 9.50. The number of rotatable bonds is 7. The lowest BCUT2D eigenvalue weighted by molar-refractivity contribution is -0.123. The maximum absolute atomic E-state index is 12.6.